The standard InChI is InChI=1S/C25H26N4O4/c1-5-32-21-10-9-18(14-22(21)33-6-2)25(30)27-19-13-17(8-7-16(19)3)20-15-29-23(26-20)11-12-24(28-29)31-4/h7-15H,5-6H2,1-4H3,(H,27,30). The fourth-order valence-corrected chi connectivity index (χ4v) is 3.42. The van der Waals surface area contributed by atoms with Gasteiger partial charge in [-0.15, -0.1) is 5.10 Å². The summed E-state index contributed by atoms with van der Waals surface area (Å²) in [6, 6.07) is 14.6. The number of aromatic nitrogens is 3. The topological polar surface area (TPSA) is 87.0 Å². The monoisotopic (exact) mass is 446 g/mol. The van der Waals surface area contributed by atoms with Gasteiger partial charge in [-0.25, -0.2) is 9.50 Å². The SMILES string of the molecule is CCOc1ccc(C(=O)Nc2cc(-c3cn4nc(OC)ccc4n3)ccc2C)cc1OCC. The van der Waals surface area contributed by atoms with Gasteiger partial charge in [0, 0.05) is 22.9 Å². The van der Waals surface area contributed by atoms with Gasteiger partial charge >= 0.3 is 0 Å². The lowest BCUT2D eigenvalue weighted by molar-refractivity contribution is 0.102. The zero-order chi connectivity index (χ0) is 23.4. The maximum atomic E-state index is 13.0. The highest BCUT2D eigenvalue weighted by atomic mass is 16.5. The summed E-state index contributed by atoms with van der Waals surface area (Å²) < 4.78 is 18.1. The molecule has 0 aliphatic rings. The molecule has 8 nitrogen and oxygen atoms in total. The quantitative estimate of drug-likeness (QED) is 0.420. The number of anilines is 1. The summed E-state index contributed by atoms with van der Waals surface area (Å²) in [7, 11) is 1.57. The number of nitrogens with zero attached hydrogens (tertiary/aromatic N) is 3. The molecule has 170 valence electrons. The van der Waals surface area contributed by atoms with Gasteiger partial charge in [0.2, 0.25) is 5.88 Å². The summed E-state index contributed by atoms with van der Waals surface area (Å²) in [5.74, 6) is 1.43. The summed E-state index contributed by atoms with van der Waals surface area (Å²) in [5.41, 5.74) is 4.43. The van der Waals surface area contributed by atoms with E-state index in [-0.39, 0.29) is 5.91 Å². The van der Waals surface area contributed by atoms with E-state index in [1.807, 2.05) is 51.2 Å². The summed E-state index contributed by atoms with van der Waals surface area (Å²) in [4.78, 5) is 17.6. The predicted octanol–water partition coefficient (Wildman–Crippen LogP) is 4.76. The van der Waals surface area contributed by atoms with Crippen LogP contribution >= 0.6 is 0 Å². The molecule has 2 aromatic heterocycles. The van der Waals surface area contributed by atoms with Crippen LogP contribution in [0.5, 0.6) is 17.4 Å². The molecule has 0 aliphatic carbocycles. The molecule has 0 fully saturated rings. The van der Waals surface area contributed by atoms with Crippen molar-refractivity contribution in [3.05, 3.63) is 65.9 Å². The summed E-state index contributed by atoms with van der Waals surface area (Å²) in [5, 5.41) is 7.36. The first kappa shape index (κ1) is 22.1. The van der Waals surface area contributed by atoms with E-state index in [9.17, 15) is 4.79 Å². The van der Waals surface area contributed by atoms with Gasteiger partial charge in [0.25, 0.3) is 5.91 Å². The number of carbonyl (C=O) groups excluding carboxylic acids is 1. The van der Waals surface area contributed by atoms with Crippen LogP contribution in [0.15, 0.2) is 54.7 Å². The normalized spacial score (nSPS) is 10.8. The zero-order valence-corrected chi connectivity index (χ0v) is 19.1. The fraction of sp³-hybridized carbons (Fsp3) is 0.240. The molecule has 0 saturated heterocycles. The Labute approximate surface area is 192 Å². The molecule has 0 unspecified atom stereocenters. The molecule has 0 aliphatic heterocycles. The third kappa shape index (κ3) is 4.74. The lowest BCUT2D eigenvalue weighted by Gasteiger charge is -2.13. The van der Waals surface area contributed by atoms with Crippen LogP contribution in [0.2, 0.25) is 0 Å². The second kappa shape index (κ2) is 9.60. The Morgan fingerprint density at radius 2 is 1.79 bits per heavy atom. The van der Waals surface area contributed by atoms with Crippen molar-refractivity contribution in [2.45, 2.75) is 20.8 Å². The molecule has 4 aromatic rings. The van der Waals surface area contributed by atoms with Gasteiger partial charge in [-0.3, -0.25) is 4.79 Å². The highest BCUT2D eigenvalue weighted by molar-refractivity contribution is 6.05. The number of benzene rings is 2. The van der Waals surface area contributed by atoms with Crippen LogP contribution < -0.4 is 19.5 Å². The number of methoxy groups -OCH3 is 1. The first-order chi connectivity index (χ1) is 16.0. The van der Waals surface area contributed by atoms with E-state index in [2.05, 4.69) is 15.4 Å². The van der Waals surface area contributed by atoms with Crippen molar-refractivity contribution >= 4 is 17.2 Å². The molecule has 0 bridgehead atoms. The maximum Gasteiger partial charge on any atom is 0.255 e. The first-order valence-corrected chi connectivity index (χ1v) is 10.7. The molecule has 0 spiro atoms. The number of ether oxygens (including phenoxy) is 3. The number of hydrogen-bond donors (Lipinski definition) is 1. The smallest absolute Gasteiger partial charge is 0.255 e. The van der Waals surface area contributed by atoms with E-state index in [1.54, 1.807) is 35.9 Å². The van der Waals surface area contributed by atoms with Crippen molar-refractivity contribution in [3.63, 3.8) is 0 Å². The minimum atomic E-state index is -0.236. The number of rotatable bonds is 8. The molecule has 2 heterocycles. The molecule has 0 saturated carbocycles. The molecule has 33 heavy (non-hydrogen) atoms. The van der Waals surface area contributed by atoms with Gasteiger partial charge in [-0.2, -0.15) is 0 Å². The molecule has 8 heteroatoms. The van der Waals surface area contributed by atoms with Crippen molar-refractivity contribution < 1.29 is 19.0 Å². The number of imidazole rings is 1. The second-order valence-corrected chi connectivity index (χ2v) is 7.32. The van der Waals surface area contributed by atoms with Crippen molar-refractivity contribution in [1.82, 2.24) is 14.6 Å². The molecule has 4 rings (SSSR count). The highest BCUT2D eigenvalue weighted by Crippen LogP contribution is 2.30. The average molecular weight is 447 g/mol. The molecule has 0 atom stereocenters. The van der Waals surface area contributed by atoms with Crippen LogP contribution in [0.25, 0.3) is 16.9 Å². The first-order valence-electron chi connectivity index (χ1n) is 10.7. The molecular weight excluding hydrogens is 420 g/mol. The van der Waals surface area contributed by atoms with E-state index >= 15 is 0 Å². The highest BCUT2D eigenvalue weighted by Gasteiger charge is 2.14. The minimum Gasteiger partial charge on any atom is -0.490 e. The Hall–Kier alpha value is -4.07. The lowest BCUT2D eigenvalue weighted by atomic mass is 10.1. The van der Waals surface area contributed by atoms with Crippen LogP contribution in [0.4, 0.5) is 5.69 Å². The Morgan fingerprint density at radius 3 is 2.55 bits per heavy atom. The molecule has 1 N–H and O–H groups in total. The second-order valence-electron chi connectivity index (χ2n) is 7.32. The number of hydrogen-bond acceptors (Lipinski definition) is 6. The van der Waals surface area contributed by atoms with Gasteiger partial charge < -0.3 is 19.5 Å². The zero-order valence-electron chi connectivity index (χ0n) is 19.1. The Kier molecular flexibility index (Phi) is 6.44. The Bertz CT molecular complexity index is 1300. The number of carbonyl (C=O) groups is 1. The van der Waals surface area contributed by atoms with E-state index in [1.165, 1.54) is 0 Å². The number of aryl methyl sites for hydroxylation is 1. The summed E-state index contributed by atoms with van der Waals surface area (Å²) in [6.45, 7) is 6.73. The van der Waals surface area contributed by atoms with Crippen LogP contribution in [0.3, 0.4) is 0 Å². The molecule has 0 radical (unpaired) electrons. The van der Waals surface area contributed by atoms with Gasteiger partial charge in [-0.1, -0.05) is 12.1 Å². The average Bonchev–Trinajstić information content (AvgIpc) is 3.25. The minimum absolute atomic E-state index is 0.236. The summed E-state index contributed by atoms with van der Waals surface area (Å²) >= 11 is 0. The van der Waals surface area contributed by atoms with Crippen molar-refractivity contribution in [2.75, 3.05) is 25.6 Å². The van der Waals surface area contributed by atoms with Crippen molar-refractivity contribution in [2.24, 2.45) is 0 Å². The van der Waals surface area contributed by atoms with Crippen molar-refractivity contribution in [3.8, 4) is 28.6 Å². The van der Waals surface area contributed by atoms with Crippen LogP contribution in [-0.2, 0) is 0 Å². The fourth-order valence-electron chi connectivity index (χ4n) is 3.42. The molecular formula is C25H26N4O4. The van der Waals surface area contributed by atoms with Crippen LogP contribution in [-0.4, -0.2) is 40.8 Å². The van der Waals surface area contributed by atoms with E-state index in [0.717, 1.165) is 16.8 Å². The lowest BCUT2D eigenvalue weighted by Crippen LogP contribution is -2.13. The van der Waals surface area contributed by atoms with Crippen molar-refractivity contribution in [1.29, 1.82) is 0 Å². The largest absolute Gasteiger partial charge is 0.490 e. The van der Waals surface area contributed by atoms with Gasteiger partial charge in [0.05, 0.1) is 32.2 Å². The van der Waals surface area contributed by atoms with Gasteiger partial charge in [-0.05, 0) is 56.7 Å². The van der Waals surface area contributed by atoms with Crippen LogP contribution in [0, 0.1) is 6.92 Å². The number of fused-ring (bicyclic) bond motifs is 1. The van der Waals surface area contributed by atoms with Crippen LogP contribution in [0.1, 0.15) is 29.8 Å². The van der Waals surface area contributed by atoms with Gasteiger partial charge in [0.1, 0.15) is 0 Å². The third-order valence-electron chi connectivity index (χ3n) is 5.09. The van der Waals surface area contributed by atoms with E-state index in [4.69, 9.17) is 14.2 Å². The summed E-state index contributed by atoms with van der Waals surface area (Å²) in [6.07, 6.45) is 1.83. The Balaban J connectivity index is 1.61. The predicted molar refractivity (Wildman–Crippen MR) is 126 cm³/mol. The van der Waals surface area contributed by atoms with Gasteiger partial charge in [0.15, 0.2) is 17.1 Å². The Morgan fingerprint density at radius 1 is 1.00 bits per heavy atom. The number of nitrogens with one attached hydrogen (secondary N) is 1. The third-order valence-corrected chi connectivity index (χ3v) is 5.09. The van der Waals surface area contributed by atoms with E-state index in [0.29, 0.717) is 47.5 Å². The molecule has 2 aromatic carbocycles. The number of amides is 1. The maximum absolute atomic E-state index is 13.0. The van der Waals surface area contributed by atoms with E-state index < -0.39 is 0 Å². The molecule has 1 amide bonds.